The maximum atomic E-state index is 12.9. The van der Waals surface area contributed by atoms with Crippen molar-refractivity contribution in [1.82, 2.24) is 15.5 Å². The first-order valence-electron chi connectivity index (χ1n) is 9.55. The minimum Gasteiger partial charge on any atom is -0.351 e. The molecule has 0 spiro atoms. The molecule has 7 nitrogen and oxygen atoms in total. The van der Waals surface area contributed by atoms with Gasteiger partial charge in [-0.15, -0.1) is 0 Å². The van der Waals surface area contributed by atoms with E-state index in [1.165, 1.54) is 35.6 Å². The SMILES string of the molecule is O=C([CH]c1ccc(F)cc1)NCc1ccc2c(c1)CN(C1CCC(=O)NC1=O)C2=O. The molecule has 2 aromatic rings. The second kappa shape index (κ2) is 8.06. The van der Waals surface area contributed by atoms with Crippen molar-refractivity contribution >= 4 is 23.6 Å². The molecular formula is C22H19FN3O4. The van der Waals surface area contributed by atoms with Gasteiger partial charge >= 0.3 is 0 Å². The number of nitrogens with one attached hydrogen (secondary N) is 2. The summed E-state index contributed by atoms with van der Waals surface area (Å²) in [6.45, 7) is 0.542. The van der Waals surface area contributed by atoms with Gasteiger partial charge in [-0.3, -0.25) is 24.5 Å². The largest absolute Gasteiger partial charge is 0.351 e. The van der Waals surface area contributed by atoms with Crippen molar-refractivity contribution in [2.45, 2.75) is 32.0 Å². The van der Waals surface area contributed by atoms with Crippen LogP contribution in [0.15, 0.2) is 42.5 Å². The first kappa shape index (κ1) is 19.8. The number of carbonyl (C=O) groups excluding carboxylic acids is 4. The number of halogens is 1. The van der Waals surface area contributed by atoms with Gasteiger partial charge in [0.2, 0.25) is 17.7 Å². The highest BCUT2D eigenvalue weighted by molar-refractivity contribution is 6.05. The number of fused-ring (bicyclic) bond motifs is 1. The number of piperidine rings is 1. The van der Waals surface area contributed by atoms with Gasteiger partial charge in [0.15, 0.2) is 0 Å². The first-order valence-corrected chi connectivity index (χ1v) is 9.55. The number of imide groups is 1. The quantitative estimate of drug-likeness (QED) is 0.733. The van der Waals surface area contributed by atoms with Crippen LogP contribution >= 0.6 is 0 Å². The Morgan fingerprint density at radius 2 is 1.93 bits per heavy atom. The predicted molar refractivity (Wildman–Crippen MR) is 104 cm³/mol. The Bertz CT molecular complexity index is 1040. The monoisotopic (exact) mass is 408 g/mol. The van der Waals surface area contributed by atoms with Gasteiger partial charge in [-0.05, 0) is 41.3 Å². The van der Waals surface area contributed by atoms with E-state index in [1.807, 2.05) is 6.07 Å². The van der Waals surface area contributed by atoms with Crippen molar-refractivity contribution < 1.29 is 23.6 Å². The molecule has 0 saturated carbocycles. The van der Waals surface area contributed by atoms with Crippen molar-refractivity contribution in [3.05, 3.63) is 77.0 Å². The molecule has 1 radical (unpaired) electrons. The summed E-state index contributed by atoms with van der Waals surface area (Å²) in [4.78, 5) is 49.7. The average molecular weight is 408 g/mol. The summed E-state index contributed by atoms with van der Waals surface area (Å²) < 4.78 is 12.9. The second-order valence-electron chi connectivity index (χ2n) is 7.31. The van der Waals surface area contributed by atoms with Crippen molar-refractivity contribution in [3.63, 3.8) is 0 Å². The van der Waals surface area contributed by atoms with Crippen molar-refractivity contribution in [3.8, 4) is 0 Å². The predicted octanol–water partition coefficient (Wildman–Crippen LogP) is 1.46. The van der Waals surface area contributed by atoms with E-state index in [2.05, 4.69) is 10.6 Å². The third-order valence-electron chi connectivity index (χ3n) is 5.22. The number of hydrogen-bond acceptors (Lipinski definition) is 4. The molecule has 1 fully saturated rings. The fourth-order valence-electron chi connectivity index (χ4n) is 3.69. The van der Waals surface area contributed by atoms with Crippen molar-refractivity contribution in [1.29, 1.82) is 0 Å². The summed E-state index contributed by atoms with van der Waals surface area (Å²) in [6, 6.07) is 10.2. The number of amides is 4. The van der Waals surface area contributed by atoms with Crippen molar-refractivity contribution in [2.24, 2.45) is 0 Å². The Hall–Kier alpha value is -3.55. The fraction of sp³-hybridized carbons (Fsp3) is 0.227. The number of carbonyl (C=O) groups is 4. The molecule has 1 unspecified atom stereocenters. The Kier molecular flexibility index (Phi) is 5.31. The van der Waals surface area contributed by atoms with Crippen LogP contribution in [0, 0.1) is 12.2 Å². The van der Waals surface area contributed by atoms with E-state index in [4.69, 9.17) is 0 Å². The lowest BCUT2D eigenvalue weighted by Gasteiger charge is -2.29. The van der Waals surface area contributed by atoms with Gasteiger partial charge in [0.05, 0.1) is 6.42 Å². The van der Waals surface area contributed by atoms with Crippen LogP contribution in [-0.4, -0.2) is 34.6 Å². The van der Waals surface area contributed by atoms with Gasteiger partial charge in [-0.2, -0.15) is 0 Å². The molecule has 1 saturated heterocycles. The summed E-state index contributed by atoms with van der Waals surface area (Å²) in [6.07, 6.45) is 1.89. The van der Waals surface area contributed by atoms with E-state index in [0.717, 1.165) is 11.1 Å². The zero-order valence-corrected chi connectivity index (χ0v) is 16.0. The molecule has 2 aliphatic heterocycles. The molecule has 0 aliphatic carbocycles. The minimum atomic E-state index is -0.656. The third-order valence-corrected chi connectivity index (χ3v) is 5.22. The highest BCUT2D eigenvalue weighted by Gasteiger charge is 2.39. The molecule has 0 aromatic heterocycles. The summed E-state index contributed by atoms with van der Waals surface area (Å²) in [7, 11) is 0. The minimum absolute atomic E-state index is 0.207. The van der Waals surface area contributed by atoms with Crippen LogP contribution in [0.4, 0.5) is 4.39 Å². The standard InChI is InChI=1S/C22H19FN3O4/c23-16-4-1-13(2-5-16)10-20(28)24-11-14-3-6-17-15(9-14)12-26(22(17)30)18-7-8-19(27)25-21(18)29/h1-6,9-10,18H,7-8,11-12H2,(H,24,28)(H,25,27,29). The molecule has 2 aromatic carbocycles. The van der Waals surface area contributed by atoms with Gasteiger partial charge in [0.25, 0.3) is 5.91 Å². The molecule has 2 aliphatic rings. The molecule has 1 atom stereocenters. The Balaban J connectivity index is 1.38. The van der Waals surface area contributed by atoms with Gasteiger partial charge in [-0.25, -0.2) is 4.39 Å². The normalized spacial score (nSPS) is 18.2. The molecule has 4 rings (SSSR count). The lowest BCUT2D eigenvalue weighted by molar-refractivity contribution is -0.137. The zero-order valence-electron chi connectivity index (χ0n) is 16.0. The van der Waals surface area contributed by atoms with Crippen LogP contribution in [0.25, 0.3) is 0 Å². The molecular weight excluding hydrogens is 389 g/mol. The van der Waals surface area contributed by atoms with Crippen LogP contribution in [0.3, 0.4) is 0 Å². The zero-order chi connectivity index (χ0) is 21.3. The Morgan fingerprint density at radius 3 is 2.67 bits per heavy atom. The lowest BCUT2D eigenvalue weighted by Crippen LogP contribution is -2.52. The van der Waals surface area contributed by atoms with Crippen LogP contribution in [-0.2, 0) is 27.5 Å². The lowest BCUT2D eigenvalue weighted by atomic mass is 10.0. The Morgan fingerprint density at radius 1 is 1.17 bits per heavy atom. The van der Waals surface area contributed by atoms with E-state index >= 15 is 0 Å². The van der Waals surface area contributed by atoms with Crippen LogP contribution in [0.1, 0.15) is 39.9 Å². The number of rotatable bonds is 5. The van der Waals surface area contributed by atoms with Crippen LogP contribution in [0.2, 0.25) is 0 Å². The first-order chi connectivity index (χ1) is 14.4. The van der Waals surface area contributed by atoms with E-state index in [9.17, 15) is 23.6 Å². The summed E-state index contributed by atoms with van der Waals surface area (Å²) in [5.41, 5.74) is 2.70. The van der Waals surface area contributed by atoms with Gasteiger partial charge in [0, 0.05) is 25.1 Å². The van der Waals surface area contributed by atoms with Gasteiger partial charge in [0.1, 0.15) is 11.9 Å². The maximum absolute atomic E-state index is 12.9. The topological polar surface area (TPSA) is 95.6 Å². The third kappa shape index (κ3) is 4.07. The van der Waals surface area contributed by atoms with Crippen LogP contribution in [0.5, 0.6) is 0 Å². The summed E-state index contributed by atoms with van der Waals surface area (Å²) in [5.74, 6) is -1.69. The molecule has 30 heavy (non-hydrogen) atoms. The molecule has 4 amide bonds. The molecule has 153 valence electrons. The maximum Gasteiger partial charge on any atom is 0.255 e. The second-order valence-corrected chi connectivity index (χ2v) is 7.31. The smallest absolute Gasteiger partial charge is 0.255 e. The van der Waals surface area contributed by atoms with Gasteiger partial charge < -0.3 is 10.2 Å². The number of benzene rings is 2. The molecule has 2 heterocycles. The Labute approximate surface area is 172 Å². The van der Waals surface area contributed by atoms with Gasteiger partial charge in [-0.1, -0.05) is 24.3 Å². The van der Waals surface area contributed by atoms with Crippen LogP contribution < -0.4 is 10.6 Å². The van der Waals surface area contributed by atoms with E-state index < -0.39 is 11.9 Å². The van der Waals surface area contributed by atoms with E-state index in [-0.39, 0.29) is 43.0 Å². The highest BCUT2D eigenvalue weighted by atomic mass is 19.1. The van der Waals surface area contributed by atoms with Crippen molar-refractivity contribution in [2.75, 3.05) is 0 Å². The molecule has 2 N–H and O–H groups in total. The van der Waals surface area contributed by atoms with E-state index in [0.29, 0.717) is 17.5 Å². The summed E-state index contributed by atoms with van der Waals surface area (Å²) in [5, 5.41) is 5.04. The summed E-state index contributed by atoms with van der Waals surface area (Å²) >= 11 is 0. The number of nitrogens with zero attached hydrogens (tertiary/aromatic N) is 1. The highest BCUT2D eigenvalue weighted by Crippen LogP contribution is 2.28. The number of hydrogen-bond donors (Lipinski definition) is 2. The van der Waals surface area contributed by atoms with E-state index in [1.54, 1.807) is 12.1 Å². The molecule has 0 bridgehead atoms. The molecule has 8 heteroatoms. The average Bonchev–Trinajstić information content (AvgIpc) is 3.04. The fourth-order valence-corrected chi connectivity index (χ4v) is 3.69.